The van der Waals surface area contributed by atoms with E-state index in [1.807, 2.05) is 0 Å². The van der Waals surface area contributed by atoms with Gasteiger partial charge in [-0.2, -0.15) is 0 Å². The summed E-state index contributed by atoms with van der Waals surface area (Å²) in [5.41, 5.74) is 0.0448. The fourth-order valence-corrected chi connectivity index (χ4v) is 4.23. The first-order chi connectivity index (χ1) is 15.2. The maximum absolute atomic E-state index is 13.5. The number of aliphatic hydroxyl groups excluding tert-OH is 1. The molecule has 1 saturated heterocycles. The van der Waals surface area contributed by atoms with Crippen molar-refractivity contribution in [3.63, 3.8) is 0 Å². The predicted molar refractivity (Wildman–Crippen MR) is 118 cm³/mol. The highest BCUT2D eigenvalue weighted by atomic mass is 35.5. The van der Waals surface area contributed by atoms with Gasteiger partial charge >= 0.3 is 0 Å². The first kappa shape index (κ1) is 21.9. The van der Waals surface area contributed by atoms with E-state index < -0.39 is 29.3 Å². The second kappa shape index (κ2) is 8.33. The van der Waals surface area contributed by atoms with Crippen molar-refractivity contribution < 1.29 is 28.2 Å². The number of carbonyl (C=O) groups excluding carboxylic acids is 2. The molecule has 1 N–H and O–H groups in total. The van der Waals surface area contributed by atoms with E-state index in [1.54, 1.807) is 19.1 Å². The normalized spacial score (nSPS) is 17.8. The molecule has 1 unspecified atom stereocenters. The first-order valence-corrected chi connectivity index (χ1v) is 10.1. The number of aryl methyl sites for hydroxylation is 1. The van der Waals surface area contributed by atoms with Gasteiger partial charge in [-0.3, -0.25) is 14.5 Å². The summed E-state index contributed by atoms with van der Waals surface area (Å²) in [6.45, 7) is 1.70. The Morgan fingerprint density at radius 3 is 2.41 bits per heavy atom. The number of furan rings is 1. The molecule has 4 rings (SSSR count). The van der Waals surface area contributed by atoms with Crippen LogP contribution in [0.4, 0.5) is 10.1 Å². The molecular formula is C23H16Cl2FNO5. The maximum Gasteiger partial charge on any atom is 0.300 e. The molecule has 1 aliphatic heterocycles. The molecule has 1 atom stereocenters. The van der Waals surface area contributed by atoms with Crippen molar-refractivity contribution in [3.8, 4) is 5.75 Å². The minimum atomic E-state index is -1.11. The minimum Gasteiger partial charge on any atom is -0.507 e. The molecule has 0 saturated carbocycles. The lowest BCUT2D eigenvalue weighted by atomic mass is 9.98. The SMILES string of the molecule is COc1c(Cl)cc(Cl)cc1/C(O)=C1\C(=O)C(=O)N(c2ccc(F)cc2)C1c1ccc(C)o1. The number of nitrogens with zero attached hydrogens (tertiary/aromatic N) is 1. The van der Waals surface area contributed by atoms with E-state index in [2.05, 4.69) is 0 Å². The van der Waals surface area contributed by atoms with Crippen molar-refractivity contribution >= 4 is 46.3 Å². The van der Waals surface area contributed by atoms with Crippen LogP contribution in [0.25, 0.3) is 5.76 Å². The zero-order chi connectivity index (χ0) is 23.2. The topological polar surface area (TPSA) is 80.0 Å². The number of aliphatic hydroxyl groups is 1. The average Bonchev–Trinajstić information content (AvgIpc) is 3.29. The predicted octanol–water partition coefficient (Wildman–Crippen LogP) is 5.67. The highest BCUT2D eigenvalue weighted by Crippen LogP contribution is 2.45. The summed E-state index contributed by atoms with van der Waals surface area (Å²) in [4.78, 5) is 27.3. The molecule has 3 aromatic rings. The lowest BCUT2D eigenvalue weighted by Gasteiger charge is -2.23. The van der Waals surface area contributed by atoms with Gasteiger partial charge in [0.1, 0.15) is 34.9 Å². The number of Topliss-reactive ketones (excluding diaryl/α,β-unsaturated/α-hetero) is 1. The number of ether oxygens (including phenoxy) is 1. The van der Waals surface area contributed by atoms with Crippen LogP contribution in [0.15, 0.2) is 58.5 Å². The molecule has 6 nitrogen and oxygen atoms in total. The largest absolute Gasteiger partial charge is 0.507 e. The number of carbonyl (C=O) groups is 2. The molecule has 0 radical (unpaired) electrons. The minimum absolute atomic E-state index is 0.0374. The third-order valence-corrected chi connectivity index (χ3v) is 5.55. The van der Waals surface area contributed by atoms with Gasteiger partial charge in [-0.15, -0.1) is 0 Å². The van der Waals surface area contributed by atoms with Crippen LogP contribution in [0.2, 0.25) is 10.0 Å². The highest BCUT2D eigenvalue weighted by Gasteiger charge is 2.48. The smallest absolute Gasteiger partial charge is 0.300 e. The standard InChI is InChI=1S/C23H16Cl2FNO5/c1-11-3-8-17(32-11)19-18(20(28)15-9-12(24)10-16(25)22(15)31-2)21(29)23(30)27(19)14-6-4-13(26)5-7-14/h3-10,19,28H,1-2H3/b20-18+. The number of hydrogen-bond acceptors (Lipinski definition) is 5. The van der Waals surface area contributed by atoms with Gasteiger partial charge in [0.2, 0.25) is 0 Å². The Balaban J connectivity index is 1.99. The Hall–Kier alpha value is -3.29. The molecule has 0 spiro atoms. The number of anilines is 1. The fraction of sp³-hybridized carbons (Fsp3) is 0.130. The molecule has 1 amide bonds. The Morgan fingerprint density at radius 1 is 1.12 bits per heavy atom. The maximum atomic E-state index is 13.5. The van der Waals surface area contributed by atoms with Crippen LogP contribution in [0, 0.1) is 12.7 Å². The van der Waals surface area contributed by atoms with Gasteiger partial charge in [-0.05, 0) is 55.5 Å². The van der Waals surface area contributed by atoms with Crippen molar-refractivity contribution in [1.82, 2.24) is 0 Å². The summed E-state index contributed by atoms with van der Waals surface area (Å²) in [7, 11) is 1.34. The van der Waals surface area contributed by atoms with Crippen LogP contribution in [-0.4, -0.2) is 23.9 Å². The quantitative estimate of drug-likeness (QED) is 0.298. The Bertz CT molecular complexity index is 1270. The monoisotopic (exact) mass is 475 g/mol. The van der Waals surface area contributed by atoms with E-state index in [9.17, 15) is 19.1 Å². The summed E-state index contributed by atoms with van der Waals surface area (Å²) in [5, 5.41) is 11.5. The Labute approximate surface area is 192 Å². The summed E-state index contributed by atoms with van der Waals surface area (Å²) < 4.78 is 24.5. The van der Waals surface area contributed by atoms with Gasteiger partial charge in [0.25, 0.3) is 11.7 Å². The van der Waals surface area contributed by atoms with Crippen molar-refractivity contribution in [1.29, 1.82) is 0 Å². The molecule has 0 aliphatic carbocycles. The van der Waals surface area contributed by atoms with Gasteiger partial charge in [-0.25, -0.2) is 4.39 Å². The Morgan fingerprint density at radius 2 is 1.81 bits per heavy atom. The van der Waals surface area contributed by atoms with Crippen LogP contribution >= 0.6 is 23.2 Å². The number of benzene rings is 2. The third kappa shape index (κ3) is 3.63. The van der Waals surface area contributed by atoms with Crippen LogP contribution in [0.1, 0.15) is 23.1 Å². The second-order valence-electron chi connectivity index (χ2n) is 7.06. The van der Waals surface area contributed by atoms with E-state index in [1.165, 1.54) is 43.5 Å². The highest BCUT2D eigenvalue weighted by molar-refractivity contribution is 6.51. The van der Waals surface area contributed by atoms with Gasteiger partial charge in [0, 0.05) is 10.7 Å². The molecule has 1 fully saturated rings. The van der Waals surface area contributed by atoms with Crippen molar-refractivity contribution in [2.75, 3.05) is 12.0 Å². The van der Waals surface area contributed by atoms with Gasteiger partial charge < -0.3 is 14.3 Å². The van der Waals surface area contributed by atoms with Crippen molar-refractivity contribution in [2.24, 2.45) is 0 Å². The second-order valence-corrected chi connectivity index (χ2v) is 7.91. The Kier molecular flexibility index (Phi) is 5.71. The molecule has 1 aliphatic rings. The van der Waals surface area contributed by atoms with Crippen LogP contribution < -0.4 is 9.64 Å². The lowest BCUT2D eigenvalue weighted by Crippen LogP contribution is -2.29. The summed E-state index contributed by atoms with van der Waals surface area (Å²) in [5.74, 6) is -2.06. The number of ketones is 1. The molecule has 2 aromatic carbocycles. The zero-order valence-corrected chi connectivity index (χ0v) is 18.4. The number of rotatable bonds is 4. The van der Waals surface area contributed by atoms with Crippen molar-refractivity contribution in [3.05, 3.63) is 87.1 Å². The van der Waals surface area contributed by atoms with Crippen LogP contribution in [0.3, 0.4) is 0 Å². The molecular weight excluding hydrogens is 460 g/mol. The van der Waals surface area contributed by atoms with Crippen molar-refractivity contribution in [2.45, 2.75) is 13.0 Å². The van der Waals surface area contributed by atoms with Crippen LogP contribution in [0.5, 0.6) is 5.75 Å². The molecule has 2 heterocycles. The fourth-order valence-electron chi connectivity index (χ4n) is 3.66. The number of hydrogen-bond donors (Lipinski definition) is 1. The van der Waals surface area contributed by atoms with E-state index in [0.717, 1.165) is 4.90 Å². The molecule has 9 heteroatoms. The van der Waals surface area contributed by atoms with E-state index in [-0.39, 0.29) is 38.4 Å². The summed E-state index contributed by atoms with van der Waals surface area (Å²) in [6, 6.07) is 9.99. The molecule has 1 aromatic heterocycles. The summed E-state index contributed by atoms with van der Waals surface area (Å²) in [6.07, 6.45) is 0. The molecule has 0 bridgehead atoms. The molecule has 164 valence electrons. The number of halogens is 3. The summed E-state index contributed by atoms with van der Waals surface area (Å²) >= 11 is 12.3. The first-order valence-electron chi connectivity index (χ1n) is 9.39. The lowest BCUT2D eigenvalue weighted by molar-refractivity contribution is -0.132. The van der Waals surface area contributed by atoms with Gasteiger partial charge in [0.05, 0.1) is 23.3 Å². The van der Waals surface area contributed by atoms with Gasteiger partial charge in [-0.1, -0.05) is 23.2 Å². The number of amides is 1. The zero-order valence-electron chi connectivity index (χ0n) is 16.9. The third-order valence-electron chi connectivity index (χ3n) is 5.05. The van der Waals surface area contributed by atoms with E-state index in [0.29, 0.717) is 5.76 Å². The van der Waals surface area contributed by atoms with Crippen LogP contribution in [-0.2, 0) is 9.59 Å². The van der Waals surface area contributed by atoms with E-state index in [4.69, 9.17) is 32.4 Å². The van der Waals surface area contributed by atoms with Gasteiger partial charge in [0.15, 0.2) is 0 Å². The van der Waals surface area contributed by atoms with E-state index >= 15 is 0 Å². The average molecular weight is 476 g/mol. The number of methoxy groups -OCH3 is 1. The molecule has 32 heavy (non-hydrogen) atoms.